The third-order valence-electron chi connectivity index (χ3n) is 4.05. The summed E-state index contributed by atoms with van der Waals surface area (Å²) in [6.45, 7) is 0. The SMILES string of the molecule is Cl.Cl.NC1CCCC(C(=O)Nc2ccc(-n3cccn3)c(F)c2)C1. The van der Waals surface area contributed by atoms with Crippen LogP contribution in [0.2, 0.25) is 0 Å². The van der Waals surface area contributed by atoms with Gasteiger partial charge in [-0.1, -0.05) is 6.42 Å². The number of hydrogen-bond acceptors (Lipinski definition) is 3. The van der Waals surface area contributed by atoms with Gasteiger partial charge in [-0.25, -0.2) is 9.07 Å². The number of carbonyl (C=O) groups excluding carboxylic acids is 1. The molecule has 2 unspecified atom stereocenters. The Kier molecular flexibility index (Phi) is 7.66. The molecule has 1 aliphatic carbocycles. The smallest absolute Gasteiger partial charge is 0.227 e. The maximum atomic E-state index is 14.1. The number of rotatable bonds is 3. The molecule has 132 valence electrons. The molecule has 0 bridgehead atoms. The van der Waals surface area contributed by atoms with Gasteiger partial charge in [0.1, 0.15) is 5.69 Å². The Hall–Kier alpha value is -1.63. The van der Waals surface area contributed by atoms with E-state index in [9.17, 15) is 9.18 Å². The highest BCUT2D eigenvalue weighted by Crippen LogP contribution is 2.25. The topological polar surface area (TPSA) is 72.9 Å². The predicted molar refractivity (Wildman–Crippen MR) is 96.6 cm³/mol. The third kappa shape index (κ3) is 4.69. The van der Waals surface area contributed by atoms with E-state index < -0.39 is 5.82 Å². The van der Waals surface area contributed by atoms with Crippen molar-refractivity contribution in [1.82, 2.24) is 9.78 Å². The van der Waals surface area contributed by atoms with Crippen molar-refractivity contribution >= 4 is 36.4 Å². The molecule has 1 aromatic carbocycles. The van der Waals surface area contributed by atoms with Crippen LogP contribution in [-0.2, 0) is 4.79 Å². The molecule has 1 aliphatic rings. The van der Waals surface area contributed by atoms with Gasteiger partial charge in [-0.2, -0.15) is 5.10 Å². The van der Waals surface area contributed by atoms with Gasteiger partial charge in [-0.15, -0.1) is 24.8 Å². The molecule has 1 fully saturated rings. The number of benzene rings is 1. The molecule has 0 radical (unpaired) electrons. The van der Waals surface area contributed by atoms with Gasteiger partial charge >= 0.3 is 0 Å². The van der Waals surface area contributed by atoms with E-state index in [0.717, 1.165) is 19.3 Å². The van der Waals surface area contributed by atoms with E-state index in [2.05, 4.69) is 10.4 Å². The fourth-order valence-corrected chi connectivity index (χ4v) is 2.89. The van der Waals surface area contributed by atoms with Crippen molar-refractivity contribution < 1.29 is 9.18 Å². The zero-order valence-corrected chi connectivity index (χ0v) is 14.7. The summed E-state index contributed by atoms with van der Waals surface area (Å²) in [6, 6.07) is 6.41. The monoisotopic (exact) mass is 374 g/mol. The van der Waals surface area contributed by atoms with Crippen molar-refractivity contribution in [1.29, 1.82) is 0 Å². The maximum Gasteiger partial charge on any atom is 0.227 e. The van der Waals surface area contributed by atoms with E-state index in [1.807, 2.05) is 0 Å². The average Bonchev–Trinajstić information content (AvgIpc) is 3.01. The Morgan fingerprint density at radius 3 is 2.75 bits per heavy atom. The normalized spacial score (nSPS) is 19.8. The van der Waals surface area contributed by atoms with E-state index in [1.54, 1.807) is 30.6 Å². The molecule has 2 aromatic rings. The van der Waals surface area contributed by atoms with Crippen LogP contribution >= 0.6 is 24.8 Å². The number of nitrogens with zero attached hydrogens (tertiary/aromatic N) is 2. The van der Waals surface area contributed by atoms with Crippen LogP contribution in [0.15, 0.2) is 36.7 Å². The predicted octanol–water partition coefficient (Wildman–Crippen LogP) is 3.31. The van der Waals surface area contributed by atoms with Crippen LogP contribution < -0.4 is 11.1 Å². The van der Waals surface area contributed by atoms with E-state index >= 15 is 0 Å². The second kappa shape index (κ2) is 9.01. The minimum absolute atomic E-state index is 0. The van der Waals surface area contributed by atoms with Crippen molar-refractivity contribution in [2.45, 2.75) is 31.7 Å². The Balaban J connectivity index is 0.00000144. The summed E-state index contributed by atoms with van der Waals surface area (Å²) < 4.78 is 15.6. The van der Waals surface area contributed by atoms with Gasteiger partial charge in [0.2, 0.25) is 5.91 Å². The van der Waals surface area contributed by atoms with Crippen LogP contribution in [0.25, 0.3) is 5.69 Å². The van der Waals surface area contributed by atoms with E-state index in [0.29, 0.717) is 17.8 Å². The number of hydrogen-bond donors (Lipinski definition) is 2. The van der Waals surface area contributed by atoms with Gasteiger partial charge in [0.05, 0.1) is 0 Å². The van der Waals surface area contributed by atoms with Crippen molar-refractivity contribution in [2.75, 3.05) is 5.32 Å². The summed E-state index contributed by atoms with van der Waals surface area (Å²) in [7, 11) is 0. The number of nitrogens with one attached hydrogen (secondary N) is 1. The second-order valence-electron chi connectivity index (χ2n) is 5.73. The van der Waals surface area contributed by atoms with E-state index in [-0.39, 0.29) is 42.7 Å². The summed E-state index contributed by atoms with van der Waals surface area (Å²) in [5.41, 5.74) is 6.71. The molecule has 1 aromatic heterocycles. The minimum atomic E-state index is -0.429. The Morgan fingerprint density at radius 1 is 1.33 bits per heavy atom. The molecule has 0 aliphatic heterocycles. The number of halogens is 3. The van der Waals surface area contributed by atoms with E-state index in [1.165, 1.54) is 10.7 Å². The van der Waals surface area contributed by atoms with Crippen molar-refractivity contribution in [3.05, 3.63) is 42.5 Å². The second-order valence-corrected chi connectivity index (χ2v) is 5.73. The Morgan fingerprint density at radius 2 is 2.12 bits per heavy atom. The molecular formula is C16H21Cl2FN4O. The van der Waals surface area contributed by atoms with Crippen LogP contribution in [0.1, 0.15) is 25.7 Å². The largest absolute Gasteiger partial charge is 0.328 e. The minimum Gasteiger partial charge on any atom is -0.328 e. The lowest BCUT2D eigenvalue weighted by molar-refractivity contribution is -0.120. The quantitative estimate of drug-likeness (QED) is 0.865. The number of amides is 1. The fraction of sp³-hybridized carbons (Fsp3) is 0.375. The summed E-state index contributed by atoms with van der Waals surface area (Å²) in [5.74, 6) is -0.596. The highest BCUT2D eigenvalue weighted by atomic mass is 35.5. The molecule has 24 heavy (non-hydrogen) atoms. The molecular weight excluding hydrogens is 354 g/mol. The van der Waals surface area contributed by atoms with Gasteiger partial charge in [0.15, 0.2) is 5.82 Å². The molecule has 5 nitrogen and oxygen atoms in total. The number of nitrogens with two attached hydrogens (primary N) is 1. The Labute approximate surface area is 152 Å². The highest BCUT2D eigenvalue weighted by Gasteiger charge is 2.25. The molecule has 8 heteroatoms. The fourth-order valence-electron chi connectivity index (χ4n) is 2.89. The summed E-state index contributed by atoms with van der Waals surface area (Å²) >= 11 is 0. The number of anilines is 1. The first kappa shape index (κ1) is 20.4. The molecule has 3 rings (SSSR count). The molecule has 0 saturated heterocycles. The summed E-state index contributed by atoms with van der Waals surface area (Å²) in [6.07, 6.45) is 6.72. The molecule has 2 atom stereocenters. The lowest BCUT2D eigenvalue weighted by Gasteiger charge is -2.25. The number of carbonyl (C=O) groups is 1. The number of aromatic nitrogens is 2. The van der Waals surface area contributed by atoms with Crippen LogP contribution in [0.3, 0.4) is 0 Å². The highest BCUT2D eigenvalue weighted by molar-refractivity contribution is 5.92. The van der Waals surface area contributed by atoms with Crippen molar-refractivity contribution in [3.63, 3.8) is 0 Å². The van der Waals surface area contributed by atoms with Crippen molar-refractivity contribution in [3.8, 4) is 5.69 Å². The van der Waals surface area contributed by atoms with Crippen LogP contribution in [0, 0.1) is 11.7 Å². The first-order valence-electron chi connectivity index (χ1n) is 7.49. The summed E-state index contributed by atoms with van der Waals surface area (Å²) in [5, 5.41) is 6.78. The standard InChI is InChI=1S/C16H19FN4O.2ClH/c17-14-10-13(5-6-15(14)21-8-2-7-19-21)20-16(22)11-3-1-4-12(18)9-11;;/h2,5-8,10-12H,1,3-4,9,18H2,(H,20,22);2*1H. The van der Waals surface area contributed by atoms with Crippen LogP contribution in [0.4, 0.5) is 10.1 Å². The van der Waals surface area contributed by atoms with Gasteiger partial charge in [-0.3, -0.25) is 4.79 Å². The lowest BCUT2D eigenvalue weighted by atomic mass is 9.85. The molecule has 1 heterocycles. The molecule has 1 amide bonds. The maximum absolute atomic E-state index is 14.1. The van der Waals surface area contributed by atoms with Gasteiger partial charge in [0.25, 0.3) is 0 Å². The first-order chi connectivity index (χ1) is 10.6. The Bertz CT molecular complexity index is 666. The average molecular weight is 375 g/mol. The molecule has 3 N–H and O–H groups in total. The van der Waals surface area contributed by atoms with Gasteiger partial charge < -0.3 is 11.1 Å². The lowest BCUT2D eigenvalue weighted by Crippen LogP contribution is -2.34. The van der Waals surface area contributed by atoms with E-state index in [4.69, 9.17) is 5.73 Å². The van der Waals surface area contributed by atoms with Crippen molar-refractivity contribution in [2.24, 2.45) is 11.7 Å². The summed E-state index contributed by atoms with van der Waals surface area (Å²) in [4.78, 5) is 12.2. The van der Waals surface area contributed by atoms with Crippen LogP contribution in [-0.4, -0.2) is 21.7 Å². The zero-order valence-electron chi connectivity index (χ0n) is 13.0. The van der Waals surface area contributed by atoms with Crippen LogP contribution in [0.5, 0.6) is 0 Å². The molecule has 1 saturated carbocycles. The third-order valence-corrected chi connectivity index (χ3v) is 4.05. The first-order valence-corrected chi connectivity index (χ1v) is 7.49. The molecule has 0 spiro atoms. The zero-order chi connectivity index (χ0) is 15.5. The van der Waals surface area contributed by atoms with Gasteiger partial charge in [0, 0.05) is 30.0 Å². The van der Waals surface area contributed by atoms with Gasteiger partial charge in [-0.05, 0) is 43.5 Å².